The molecule has 10 nitrogen and oxygen atoms in total. The molecule has 0 aliphatic heterocycles. The molecule has 1 unspecified atom stereocenters. The third kappa shape index (κ3) is 5.20. The number of aliphatic hydroxyl groups is 1. The fourth-order valence-electron chi connectivity index (χ4n) is 3.56. The molecule has 182 valence electrons. The molecule has 0 aliphatic rings. The van der Waals surface area contributed by atoms with Crippen molar-refractivity contribution < 1.29 is 14.6 Å². The van der Waals surface area contributed by atoms with Gasteiger partial charge >= 0.3 is 0 Å². The Morgan fingerprint density at radius 2 is 1.86 bits per heavy atom. The summed E-state index contributed by atoms with van der Waals surface area (Å²) >= 11 is 1.22. The Balaban J connectivity index is 1.43. The lowest BCUT2D eigenvalue weighted by Gasteiger charge is -2.12. The van der Waals surface area contributed by atoms with Gasteiger partial charge in [0.1, 0.15) is 12.4 Å². The van der Waals surface area contributed by atoms with Gasteiger partial charge in [-0.2, -0.15) is 4.68 Å². The number of hydrogen-bond donors (Lipinski definition) is 1. The number of benzene rings is 2. The van der Waals surface area contributed by atoms with Crippen molar-refractivity contribution in [2.45, 2.75) is 31.5 Å². The lowest BCUT2D eigenvalue weighted by molar-refractivity contribution is 0.0987. The molecule has 1 atom stereocenters. The number of thioether (sulfide) groups is 1. The summed E-state index contributed by atoms with van der Waals surface area (Å²) in [7, 11) is 1.80. The average molecular weight is 495 g/mol. The number of para-hydroxylation sites is 1. The quantitative estimate of drug-likeness (QED) is 0.264. The van der Waals surface area contributed by atoms with Gasteiger partial charge in [0.25, 0.3) is 5.56 Å². The number of carbonyl (C=O) groups is 1. The van der Waals surface area contributed by atoms with Crippen LogP contribution in [0.1, 0.15) is 29.4 Å². The van der Waals surface area contributed by atoms with E-state index in [4.69, 9.17) is 4.74 Å². The zero-order chi connectivity index (χ0) is 24.9. The van der Waals surface area contributed by atoms with E-state index in [0.717, 1.165) is 5.69 Å². The Hall–Kier alpha value is -3.70. The minimum Gasteiger partial charge on any atom is -0.491 e. The molecule has 0 saturated carbocycles. The molecule has 0 bridgehead atoms. The monoisotopic (exact) mass is 494 g/mol. The number of hydrogen-bond acceptors (Lipinski definition) is 8. The Morgan fingerprint density at radius 1 is 1.14 bits per heavy atom. The van der Waals surface area contributed by atoms with Crippen molar-refractivity contribution in [3.63, 3.8) is 0 Å². The van der Waals surface area contributed by atoms with Crippen LogP contribution in [0.2, 0.25) is 0 Å². The topological polar surface area (TPSA) is 117 Å². The normalized spacial score (nSPS) is 12.0. The second-order valence-corrected chi connectivity index (χ2v) is 8.85. The van der Waals surface area contributed by atoms with Crippen LogP contribution in [-0.2, 0) is 7.05 Å². The van der Waals surface area contributed by atoms with Crippen LogP contribution >= 0.6 is 11.8 Å². The average Bonchev–Trinajstić information content (AvgIpc) is 3.42. The summed E-state index contributed by atoms with van der Waals surface area (Å²) in [5, 5.41) is 22.6. The van der Waals surface area contributed by atoms with Gasteiger partial charge in [0.15, 0.2) is 11.5 Å². The maximum Gasteiger partial charge on any atom is 0.297 e. The second kappa shape index (κ2) is 10.7. The Labute approximate surface area is 206 Å². The predicted molar refractivity (Wildman–Crippen MR) is 132 cm³/mol. The lowest BCUT2D eigenvalue weighted by atomic mass is 10.1. The van der Waals surface area contributed by atoms with Gasteiger partial charge in [-0.3, -0.25) is 14.3 Å². The highest BCUT2D eigenvalue weighted by molar-refractivity contribution is 7.99. The SMILES string of the molecule is CCC(=O)c1ccc(OCC(O)CSc2nnnn2-c2c(C)n(C)n(-c3ccccc3)c2=O)cc1. The molecule has 2 heterocycles. The first kappa shape index (κ1) is 24.4. The highest BCUT2D eigenvalue weighted by Crippen LogP contribution is 2.21. The Kier molecular flexibility index (Phi) is 7.47. The molecule has 2 aromatic heterocycles. The number of ketones is 1. The predicted octanol–water partition coefficient (Wildman–Crippen LogP) is 2.58. The van der Waals surface area contributed by atoms with E-state index in [1.54, 1.807) is 40.7 Å². The van der Waals surface area contributed by atoms with Crippen molar-refractivity contribution >= 4 is 17.5 Å². The van der Waals surface area contributed by atoms with Crippen molar-refractivity contribution in [2.24, 2.45) is 7.05 Å². The molecule has 1 N–H and O–H groups in total. The summed E-state index contributed by atoms with van der Waals surface area (Å²) in [6.07, 6.45) is -0.363. The summed E-state index contributed by atoms with van der Waals surface area (Å²) < 4.78 is 10.4. The third-order valence-electron chi connectivity index (χ3n) is 5.52. The number of ether oxygens (including phenoxy) is 1. The summed E-state index contributed by atoms with van der Waals surface area (Å²) in [4.78, 5) is 25.0. The zero-order valence-corrected chi connectivity index (χ0v) is 20.5. The zero-order valence-electron chi connectivity index (χ0n) is 19.7. The number of Topliss-reactive ketones (excluding diaryl/α,β-unsaturated/α-hetero) is 1. The molecule has 0 spiro atoms. The fraction of sp³-hybridized carbons (Fsp3) is 0.292. The van der Waals surface area contributed by atoms with Crippen molar-refractivity contribution in [3.8, 4) is 17.1 Å². The van der Waals surface area contributed by atoms with E-state index in [1.165, 1.54) is 16.4 Å². The molecule has 35 heavy (non-hydrogen) atoms. The van der Waals surface area contributed by atoms with Crippen LogP contribution in [0.5, 0.6) is 5.75 Å². The van der Waals surface area contributed by atoms with Crippen LogP contribution in [0.3, 0.4) is 0 Å². The number of carbonyl (C=O) groups excluding carboxylic acids is 1. The highest BCUT2D eigenvalue weighted by atomic mass is 32.2. The lowest BCUT2D eigenvalue weighted by Crippen LogP contribution is -2.22. The largest absolute Gasteiger partial charge is 0.491 e. The molecule has 0 aliphatic carbocycles. The van der Waals surface area contributed by atoms with Crippen LogP contribution in [0.15, 0.2) is 64.5 Å². The maximum absolute atomic E-state index is 13.3. The molecule has 0 fully saturated rings. The van der Waals surface area contributed by atoms with Gasteiger partial charge in [0.2, 0.25) is 5.16 Å². The van der Waals surface area contributed by atoms with Gasteiger partial charge in [-0.05, 0) is 53.7 Å². The first-order chi connectivity index (χ1) is 16.9. The fourth-order valence-corrected chi connectivity index (χ4v) is 4.34. The number of aromatic nitrogens is 6. The highest BCUT2D eigenvalue weighted by Gasteiger charge is 2.22. The van der Waals surface area contributed by atoms with E-state index < -0.39 is 6.10 Å². The molecule has 4 rings (SSSR count). The first-order valence-corrected chi connectivity index (χ1v) is 12.1. The molecule has 2 aromatic carbocycles. The van der Waals surface area contributed by atoms with E-state index in [9.17, 15) is 14.7 Å². The first-order valence-electron chi connectivity index (χ1n) is 11.1. The smallest absolute Gasteiger partial charge is 0.297 e. The number of tetrazole rings is 1. The maximum atomic E-state index is 13.3. The Morgan fingerprint density at radius 3 is 2.54 bits per heavy atom. The molecular weight excluding hydrogens is 468 g/mol. The summed E-state index contributed by atoms with van der Waals surface area (Å²) in [5.74, 6) is 0.883. The van der Waals surface area contributed by atoms with Gasteiger partial charge in [-0.15, -0.1) is 5.10 Å². The number of aliphatic hydroxyl groups excluding tert-OH is 1. The van der Waals surface area contributed by atoms with Gasteiger partial charge in [0, 0.05) is 24.8 Å². The van der Waals surface area contributed by atoms with Crippen LogP contribution in [0.25, 0.3) is 11.4 Å². The summed E-state index contributed by atoms with van der Waals surface area (Å²) in [6, 6.07) is 16.2. The van der Waals surface area contributed by atoms with Crippen LogP contribution in [0, 0.1) is 6.92 Å². The van der Waals surface area contributed by atoms with Crippen LogP contribution < -0.4 is 10.3 Å². The van der Waals surface area contributed by atoms with E-state index >= 15 is 0 Å². The van der Waals surface area contributed by atoms with Gasteiger partial charge in [0.05, 0.1) is 17.5 Å². The van der Waals surface area contributed by atoms with Crippen LogP contribution in [-0.4, -0.2) is 58.9 Å². The standard InChI is InChI=1S/C24H26N6O4S/c1-4-21(32)17-10-12-20(13-11-17)34-14-19(31)15-35-24-25-26-27-29(24)22-16(2)28(3)30(23(22)33)18-8-6-5-7-9-18/h5-13,19,31H,4,14-15H2,1-3H3. The minimum atomic E-state index is -0.806. The third-order valence-corrected chi connectivity index (χ3v) is 6.59. The van der Waals surface area contributed by atoms with Gasteiger partial charge in [-0.25, -0.2) is 4.68 Å². The van der Waals surface area contributed by atoms with Gasteiger partial charge < -0.3 is 9.84 Å². The minimum absolute atomic E-state index is 0.0564. The number of nitrogens with zero attached hydrogens (tertiary/aromatic N) is 6. The molecule has 0 radical (unpaired) electrons. The van der Waals surface area contributed by atoms with E-state index in [2.05, 4.69) is 15.5 Å². The van der Waals surface area contributed by atoms with E-state index in [1.807, 2.05) is 44.2 Å². The molecule has 0 saturated heterocycles. The van der Waals surface area contributed by atoms with Crippen molar-refractivity contribution in [3.05, 3.63) is 76.2 Å². The van der Waals surface area contributed by atoms with Crippen molar-refractivity contribution in [1.82, 2.24) is 29.6 Å². The molecule has 0 amide bonds. The molecule has 4 aromatic rings. The molecule has 11 heteroatoms. The Bertz CT molecular complexity index is 1360. The molecular formula is C24H26N6O4S. The number of rotatable bonds is 10. The van der Waals surface area contributed by atoms with E-state index in [-0.39, 0.29) is 23.7 Å². The van der Waals surface area contributed by atoms with E-state index in [0.29, 0.717) is 34.3 Å². The summed E-state index contributed by atoms with van der Waals surface area (Å²) in [5.41, 5.74) is 2.15. The van der Waals surface area contributed by atoms with Crippen molar-refractivity contribution in [2.75, 3.05) is 12.4 Å². The van der Waals surface area contributed by atoms with Gasteiger partial charge in [-0.1, -0.05) is 36.9 Å². The second-order valence-electron chi connectivity index (χ2n) is 7.86. The van der Waals surface area contributed by atoms with Crippen LogP contribution in [0.4, 0.5) is 0 Å². The summed E-state index contributed by atoms with van der Waals surface area (Å²) in [6.45, 7) is 3.70. The van der Waals surface area contributed by atoms with Crippen molar-refractivity contribution in [1.29, 1.82) is 0 Å².